The fraction of sp³-hybridized carbons (Fsp3) is 0.381. The van der Waals surface area contributed by atoms with Gasteiger partial charge < -0.3 is 15.3 Å². The number of aryl methyl sites for hydroxylation is 1. The van der Waals surface area contributed by atoms with Crippen molar-refractivity contribution in [1.29, 1.82) is 0 Å². The molecule has 3 rings (SSSR count). The Morgan fingerprint density at radius 2 is 1.79 bits per heavy atom. The summed E-state index contributed by atoms with van der Waals surface area (Å²) in [6.07, 6.45) is 0.480. The lowest BCUT2D eigenvalue weighted by molar-refractivity contribution is -0.0826. The molecule has 1 aliphatic rings. The third kappa shape index (κ3) is 4.30. The number of β-amino-alcohol motifs (C(OH)–C–C–N with tert-alkyl or cyclic N) is 1. The van der Waals surface area contributed by atoms with Gasteiger partial charge in [-0.15, -0.1) is 0 Å². The summed E-state index contributed by atoms with van der Waals surface area (Å²) < 4.78 is 42.1. The van der Waals surface area contributed by atoms with Crippen molar-refractivity contribution in [1.82, 2.24) is 4.90 Å². The van der Waals surface area contributed by atoms with Crippen molar-refractivity contribution in [2.75, 3.05) is 18.4 Å². The minimum absolute atomic E-state index is 0.0668. The molecule has 1 fully saturated rings. The number of likely N-dealkylation sites (tertiary alicyclic amines) is 1. The number of benzene rings is 2. The number of halogens is 3. The molecule has 4 nitrogen and oxygen atoms in total. The maximum absolute atomic E-state index is 14.3. The molecule has 7 heteroatoms. The largest absolute Gasteiger partial charge is 0.386 e. The molecule has 0 saturated carbocycles. The van der Waals surface area contributed by atoms with Crippen LogP contribution in [0.2, 0.25) is 0 Å². The van der Waals surface area contributed by atoms with Gasteiger partial charge in [0.05, 0.1) is 35.6 Å². The Labute approximate surface area is 163 Å². The molecule has 0 atom stereocenters. The predicted molar refractivity (Wildman–Crippen MR) is 103 cm³/mol. The van der Waals surface area contributed by atoms with Crippen LogP contribution in [0.15, 0.2) is 30.3 Å². The fourth-order valence-corrected chi connectivity index (χ4v) is 2.91. The summed E-state index contributed by atoms with van der Waals surface area (Å²) in [5.41, 5.74) is -0.900. The summed E-state index contributed by atoms with van der Waals surface area (Å²) in [5, 5.41) is 12.6. The van der Waals surface area contributed by atoms with Gasteiger partial charge in [0, 0.05) is 0 Å². The van der Waals surface area contributed by atoms with Gasteiger partial charge in [0.15, 0.2) is 11.6 Å². The van der Waals surface area contributed by atoms with Crippen LogP contribution in [0.4, 0.5) is 24.5 Å². The second-order valence-electron chi connectivity index (χ2n) is 6.63. The van der Waals surface area contributed by atoms with Gasteiger partial charge in [-0.3, -0.25) is 4.79 Å². The van der Waals surface area contributed by atoms with E-state index in [4.69, 9.17) is 0 Å². The van der Waals surface area contributed by atoms with Gasteiger partial charge in [-0.2, -0.15) is 0 Å². The Balaban J connectivity index is 0.00000136. The van der Waals surface area contributed by atoms with Crippen LogP contribution in [0.25, 0.3) is 0 Å². The van der Waals surface area contributed by atoms with Crippen LogP contribution in [-0.4, -0.2) is 34.6 Å². The van der Waals surface area contributed by atoms with Crippen molar-refractivity contribution in [3.05, 3.63) is 58.9 Å². The van der Waals surface area contributed by atoms with Crippen molar-refractivity contribution >= 4 is 17.3 Å². The van der Waals surface area contributed by atoms with Crippen molar-refractivity contribution in [2.45, 2.75) is 39.7 Å². The van der Waals surface area contributed by atoms with Gasteiger partial charge in [0.25, 0.3) is 5.91 Å². The highest BCUT2D eigenvalue weighted by Crippen LogP contribution is 2.32. The molecule has 1 saturated heterocycles. The molecule has 0 spiro atoms. The lowest BCUT2D eigenvalue weighted by Crippen LogP contribution is -2.63. The van der Waals surface area contributed by atoms with E-state index < -0.39 is 34.6 Å². The van der Waals surface area contributed by atoms with Crippen LogP contribution in [0.1, 0.15) is 43.1 Å². The summed E-state index contributed by atoms with van der Waals surface area (Å²) in [6, 6.07) is 6.25. The zero-order valence-corrected chi connectivity index (χ0v) is 16.4. The van der Waals surface area contributed by atoms with Crippen molar-refractivity contribution in [2.24, 2.45) is 0 Å². The van der Waals surface area contributed by atoms with E-state index in [0.29, 0.717) is 12.0 Å². The highest BCUT2D eigenvalue weighted by Gasteiger charge is 2.43. The van der Waals surface area contributed by atoms with Crippen molar-refractivity contribution in [3.8, 4) is 0 Å². The zero-order valence-electron chi connectivity index (χ0n) is 16.4. The van der Waals surface area contributed by atoms with E-state index in [1.54, 1.807) is 19.9 Å². The van der Waals surface area contributed by atoms with E-state index in [-0.39, 0.29) is 24.3 Å². The van der Waals surface area contributed by atoms with E-state index in [0.717, 1.165) is 12.1 Å². The first-order chi connectivity index (χ1) is 13.2. The van der Waals surface area contributed by atoms with Crippen molar-refractivity contribution < 1.29 is 23.1 Å². The van der Waals surface area contributed by atoms with Gasteiger partial charge in [-0.1, -0.05) is 26.8 Å². The first kappa shape index (κ1) is 21.8. The first-order valence-electron chi connectivity index (χ1n) is 9.27. The molecule has 28 heavy (non-hydrogen) atoms. The molecule has 0 aliphatic carbocycles. The van der Waals surface area contributed by atoms with Gasteiger partial charge in [0.2, 0.25) is 0 Å². The molecule has 0 aromatic heterocycles. The second kappa shape index (κ2) is 8.65. The summed E-state index contributed by atoms with van der Waals surface area (Å²) in [6.45, 7) is 7.72. The molecule has 0 bridgehead atoms. The average molecular weight is 394 g/mol. The molecule has 0 unspecified atom stereocenters. The maximum Gasteiger partial charge on any atom is 0.256 e. The molecule has 2 aromatic rings. The smallest absolute Gasteiger partial charge is 0.256 e. The summed E-state index contributed by atoms with van der Waals surface area (Å²) in [4.78, 5) is 14.0. The standard InChI is InChI=1S/C19H19F3N2O2.C2H6/c1-3-19(26)9-24(10-19)18(25)12-5-6-13(20)16(22)17(12)23-15-7-4-11(2)8-14(15)21;1-2/h4-8,23,26H,3,9-10H2,1-2H3;1-2H3. The minimum Gasteiger partial charge on any atom is -0.386 e. The minimum atomic E-state index is -1.26. The quantitative estimate of drug-likeness (QED) is 0.785. The van der Waals surface area contributed by atoms with Crippen LogP contribution in [0, 0.1) is 24.4 Å². The van der Waals surface area contributed by atoms with Crippen LogP contribution < -0.4 is 5.32 Å². The fourth-order valence-electron chi connectivity index (χ4n) is 2.91. The third-order valence-electron chi connectivity index (χ3n) is 4.63. The third-order valence-corrected chi connectivity index (χ3v) is 4.63. The highest BCUT2D eigenvalue weighted by atomic mass is 19.2. The zero-order chi connectivity index (χ0) is 21.1. The molecule has 0 radical (unpaired) electrons. The highest BCUT2D eigenvalue weighted by molar-refractivity contribution is 6.01. The van der Waals surface area contributed by atoms with Gasteiger partial charge in [0.1, 0.15) is 5.82 Å². The number of aliphatic hydroxyl groups is 1. The Morgan fingerprint density at radius 3 is 2.36 bits per heavy atom. The Morgan fingerprint density at radius 1 is 1.14 bits per heavy atom. The first-order valence-corrected chi connectivity index (χ1v) is 9.27. The molecule has 2 aromatic carbocycles. The Bertz CT molecular complexity index is 865. The lowest BCUT2D eigenvalue weighted by atomic mass is 9.90. The summed E-state index contributed by atoms with van der Waals surface area (Å²) in [5.74, 6) is -3.61. The monoisotopic (exact) mass is 394 g/mol. The number of carbonyl (C=O) groups is 1. The predicted octanol–water partition coefficient (Wildman–Crippen LogP) is 4.78. The Hall–Kier alpha value is -2.54. The number of hydrogen-bond acceptors (Lipinski definition) is 3. The topological polar surface area (TPSA) is 52.6 Å². The number of amides is 1. The number of rotatable bonds is 4. The van der Waals surface area contributed by atoms with Crippen LogP contribution in [-0.2, 0) is 0 Å². The number of nitrogens with one attached hydrogen (secondary N) is 1. The van der Waals surface area contributed by atoms with Crippen molar-refractivity contribution in [3.63, 3.8) is 0 Å². The number of anilines is 2. The van der Waals surface area contributed by atoms with Crippen LogP contribution >= 0.6 is 0 Å². The molecular formula is C21H25F3N2O2. The number of nitrogens with zero attached hydrogens (tertiary/aromatic N) is 1. The van der Waals surface area contributed by atoms with E-state index in [9.17, 15) is 23.1 Å². The average Bonchev–Trinajstić information content (AvgIpc) is 2.66. The van der Waals surface area contributed by atoms with E-state index in [1.165, 1.54) is 17.0 Å². The Kier molecular flexibility index (Phi) is 6.72. The molecule has 152 valence electrons. The molecule has 1 amide bonds. The normalized spacial score (nSPS) is 14.6. The molecule has 1 aliphatic heterocycles. The summed E-state index contributed by atoms with van der Waals surface area (Å²) >= 11 is 0. The van der Waals surface area contributed by atoms with Crippen LogP contribution in [0.5, 0.6) is 0 Å². The summed E-state index contributed by atoms with van der Waals surface area (Å²) in [7, 11) is 0. The maximum atomic E-state index is 14.3. The van der Waals surface area contributed by atoms with Gasteiger partial charge >= 0.3 is 0 Å². The van der Waals surface area contributed by atoms with Crippen LogP contribution in [0.3, 0.4) is 0 Å². The second-order valence-corrected chi connectivity index (χ2v) is 6.63. The molecule has 2 N–H and O–H groups in total. The SMILES string of the molecule is CC.CCC1(O)CN(C(=O)c2ccc(F)c(F)c2Nc2ccc(C)cc2F)C1. The number of carbonyl (C=O) groups excluding carboxylic acids is 1. The van der Waals surface area contributed by atoms with E-state index >= 15 is 0 Å². The van der Waals surface area contributed by atoms with Gasteiger partial charge in [-0.05, 0) is 43.2 Å². The molecule has 1 heterocycles. The molecular weight excluding hydrogens is 369 g/mol. The van der Waals surface area contributed by atoms with E-state index in [1.807, 2.05) is 13.8 Å². The number of hydrogen-bond donors (Lipinski definition) is 2. The van der Waals surface area contributed by atoms with E-state index in [2.05, 4.69) is 5.32 Å². The lowest BCUT2D eigenvalue weighted by Gasteiger charge is -2.46. The van der Waals surface area contributed by atoms with Gasteiger partial charge in [-0.25, -0.2) is 13.2 Å².